The highest BCUT2D eigenvalue weighted by Crippen LogP contribution is 2.03. The van der Waals surface area contributed by atoms with Gasteiger partial charge < -0.3 is 15.0 Å². The van der Waals surface area contributed by atoms with Crippen molar-refractivity contribution in [2.24, 2.45) is 5.92 Å². The molecule has 1 N–H and O–H groups in total. The Bertz CT molecular complexity index is 351. The highest BCUT2D eigenvalue weighted by Gasteiger charge is 2.21. The Balaban J connectivity index is 2.18. The molecule has 22 heavy (non-hydrogen) atoms. The van der Waals surface area contributed by atoms with Crippen LogP contribution in [0.25, 0.3) is 0 Å². The minimum Gasteiger partial charge on any atom is -0.377 e. The lowest BCUT2D eigenvalue weighted by atomic mass is 10.1. The maximum atomic E-state index is 12.1. The van der Waals surface area contributed by atoms with Gasteiger partial charge in [0.15, 0.2) is 0 Å². The van der Waals surface area contributed by atoms with E-state index in [0.29, 0.717) is 12.3 Å². The van der Waals surface area contributed by atoms with Gasteiger partial charge in [-0.3, -0.25) is 14.5 Å². The SMILES string of the molecule is CC(C)CC(=O)NCC(=O)N1CCN(CCOC(C)C)CC1. The Hall–Kier alpha value is -1.14. The second-order valence-electron chi connectivity index (χ2n) is 6.52. The van der Waals surface area contributed by atoms with Crippen LogP contribution >= 0.6 is 0 Å². The monoisotopic (exact) mass is 313 g/mol. The predicted molar refractivity (Wildman–Crippen MR) is 86.6 cm³/mol. The average molecular weight is 313 g/mol. The predicted octanol–water partition coefficient (Wildman–Crippen LogP) is 0.718. The molecule has 0 saturated carbocycles. The van der Waals surface area contributed by atoms with Gasteiger partial charge in [-0.1, -0.05) is 13.8 Å². The molecular formula is C16H31N3O3. The number of hydrogen-bond donors (Lipinski definition) is 1. The van der Waals surface area contributed by atoms with Gasteiger partial charge in [0.25, 0.3) is 0 Å². The zero-order valence-corrected chi connectivity index (χ0v) is 14.4. The van der Waals surface area contributed by atoms with Crippen LogP contribution in [0.15, 0.2) is 0 Å². The molecule has 0 aromatic heterocycles. The van der Waals surface area contributed by atoms with Crippen LogP contribution in [0, 0.1) is 5.92 Å². The third kappa shape index (κ3) is 7.75. The second-order valence-corrected chi connectivity index (χ2v) is 6.52. The number of nitrogens with one attached hydrogen (secondary N) is 1. The third-order valence-electron chi connectivity index (χ3n) is 3.61. The molecule has 1 aliphatic heterocycles. The van der Waals surface area contributed by atoms with E-state index in [2.05, 4.69) is 10.2 Å². The molecule has 0 aliphatic carbocycles. The zero-order chi connectivity index (χ0) is 16.5. The van der Waals surface area contributed by atoms with Crippen molar-refractivity contribution in [2.75, 3.05) is 45.9 Å². The summed E-state index contributed by atoms with van der Waals surface area (Å²) in [6.45, 7) is 13.0. The van der Waals surface area contributed by atoms with E-state index < -0.39 is 0 Å². The maximum Gasteiger partial charge on any atom is 0.242 e. The maximum absolute atomic E-state index is 12.1. The molecule has 0 bridgehead atoms. The Morgan fingerprint density at radius 2 is 1.73 bits per heavy atom. The van der Waals surface area contributed by atoms with Crippen LogP contribution < -0.4 is 5.32 Å². The molecule has 0 spiro atoms. The number of carbonyl (C=O) groups excluding carboxylic acids is 2. The summed E-state index contributed by atoms with van der Waals surface area (Å²) >= 11 is 0. The van der Waals surface area contributed by atoms with Gasteiger partial charge in [0.2, 0.25) is 11.8 Å². The van der Waals surface area contributed by atoms with Gasteiger partial charge in [0.05, 0.1) is 19.3 Å². The van der Waals surface area contributed by atoms with E-state index >= 15 is 0 Å². The number of piperazine rings is 1. The molecule has 0 aromatic carbocycles. The molecule has 0 atom stereocenters. The minimum absolute atomic E-state index is 0.00943. The van der Waals surface area contributed by atoms with Gasteiger partial charge in [-0.25, -0.2) is 0 Å². The van der Waals surface area contributed by atoms with E-state index in [9.17, 15) is 9.59 Å². The van der Waals surface area contributed by atoms with Crippen LogP contribution in [-0.4, -0.2) is 73.6 Å². The fourth-order valence-electron chi connectivity index (χ4n) is 2.37. The first-order valence-corrected chi connectivity index (χ1v) is 8.27. The van der Waals surface area contributed by atoms with Crippen molar-refractivity contribution in [1.82, 2.24) is 15.1 Å². The number of ether oxygens (including phenoxy) is 1. The Kier molecular flexibility index (Phi) is 8.42. The van der Waals surface area contributed by atoms with Crippen LogP contribution in [0.2, 0.25) is 0 Å². The molecule has 128 valence electrons. The molecule has 1 aliphatic rings. The van der Waals surface area contributed by atoms with Crippen molar-refractivity contribution in [3.05, 3.63) is 0 Å². The lowest BCUT2D eigenvalue weighted by Gasteiger charge is -2.34. The smallest absolute Gasteiger partial charge is 0.242 e. The van der Waals surface area contributed by atoms with Gasteiger partial charge >= 0.3 is 0 Å². The number of rotatable bonds is 8. The van der Waals surface area contributed by atoms with Crippen molar-refractivity contribution in [2.45, 2.75) is 40.2 Å². The van der Waals surface area contributed by atoms with E-state index in [-0.39, 0.29) is 24.5 Å². The highest BCUT2D eigenvalue weighted by molar-refractivity contribution is 5.84. The van der Waals surface area contributed by atoms with Gasteiger partial charge in [-0.2, -0.15) is 0 Å². The van der Waals surface area contributed by atoms with E-state index in [1.54, 1.807) is 0 Å². The summed E-state index contributed by atoms with van der Waals surface area (Å²) in [5.74, 6) is 0.273. The normalized spacial score (nSPS) is 16.4. The van der Waals surface area contributed by atoms with Crippen molar-refractivity contribution >= 4 is 11.8 Å². The molecule has 0 radical (unpaired) electrons. The molecule has 1 saturated heterocycles. The Morgan fingerprint density at radius 3 is 2.27 bits per heavy atom. The van der Waals surface area contributed by atoms with Gasteiger partial charge in [-0.05, 0) is 19.8 Å². The number of hydrogen-bond acceptors (Lipinski definition) is 4. The largest absolute Gasteiger partial charge is 0.377 e. The Labute approximate surface area is 134 Å². The molecule has 0 unspecified atom stereocenters. The van der Waals surface area contributed by atoms with Crippen molar-refractivity contribution in [1.29, 1.82) is 0 Å². The van der Waals surface area contributed by atoms with Crippen LogP contribution in [0.1, 0.15) is 34.1 Å². The summed E-state index contributed by atoms with van der Waals surface area (Å²) in [5, 5.41) is 2.71. The quantitative estimate of drug-likeness (QED) is 0.717. The molecule has 6 nitrogen and oxygen atoms in total. The first-order valence-electron chi connectivity index (χ1n) is 8.27. The lowest BCUT2D eigenvalue weighted by Crippen LogP contribution is -2.51. The number of carbonyl (C=O) groups is 2. The Morgan fingerprint density at radius 1 is 1.09 bits per heavy atom. The topological polar surface area (TPSA) is 61.9 Å². The van der Waals surface area contributed by atoms with Gasteiger partial charge in [0, 0.05) is 39.1 Å². The summed E-state index contributed by atoms with van der Waals surface area (Å²) in [6.07, 6.45) is 0.731. The summed E-state index contributed by atoms with van der Waals surface area (Å²) in [7, 11) is 0. The van der Waals surface area contributed by atoms with Gasteiger partial charge in [0.1, 0.15) is 0 Å². The van der Waals surface area contributed by atoms with E-state index in [1.807, 2.05) is 32.6 Å². The lowest BCUT2D eigenvalue weighted by molar-refractivity contribution is -0.134. The molecule has 1 rings (SSSR count). The molecule has 6 heteroatoms. The van der Waals surface area contributed by atoms with Crippen LogP contribution in [0.5, 0.6) is 0 Å². The molecule has 2 amide bonds. The zero-order valence-electron chi connectivity index (χ0n) is 14.4. The number of nitrogens with zero attached hydrogens (tertiary/aromatic N) is 2. The third-order valence-corrected chi connectivity index (χ3v) is 3.61. The molecule has 1 heterocycles. The van der Waals surface area contributed by atoms with E-state index in [1.165, 1.54) is 0 Å². The van der Waals surface area contributed by atoms with Crippen LogP contribution in [-0.2, 0) is 14.3 Å². The van der Waals surface area contributed by atoms with E-state index in [4.69, 9.17) is 4.74 Å². The van der Waals surface area contributed by atoms with Gasteiger partial charge in [-0.15, -0.1) is 0 Å². The first kappa shape index (κ1) is 18.9. The average Bonchev–Trinajstić information content (AvgIpc) is 2.44. The standard InChI is InChI=1S/C16H31N3O3/c1-13(2)11-15(20)17-12-16(21)19-7-5-18(6-8-19)9-10-22-14(3)4/h13-14H,5-12H2,1-4H3,(H,17,20). The molecule has 1 fully saturated rings. The highest BCUT2D eigenvalue weighted by atomic mass is 16.5. The van der Waals surface area contributed by atoms with Crippen LogP contribution in [0.4, 0.5) is 0 Å². The van der Waals surface area contributed by atoms with Crippen molar-refractivity contribution in [3.8, 4) is 0 Å². The second kappa shape index (κ2) is 9.79. The summed E-state index contributed by atoms with van der Waals surface area (Å²) in [6, 6.07) is 0. The van der Waals surface area contributed by atoms with Crippen LogP contribution in [0.3, 0.4) is 0 Å². The first-order chi connectivity index (χ1) is 10.4. The summed E-state index contributed by atoms with van der Waals surface area (Å²) in [4.78, 5) is 27.8. The summed E-state index contributed by atoms with van der Waals surface area (Å²) in [5.41, 5.74) is 0. The number of amides is 2. The van der Waals surface area contributed by atoms with Crippen molar-refractivity contribution in [3.63, 3.8) is 0 Å². The summed E-state index contributed by atoms with van der Waals surface area (Å²) < 4.78 is 5.55. The molecular weight excluding hydrogens is 282 g/mol. The van der Waals surface area contributed by atoms with E-state index in [0.717, 1.165) is 39.3 Å². The minimum atomic E-state index is -0.0483. The fraction of sp³-hybridized carbons (Fsp3) is 0.875. The van der Waals surface area contributed by atoms with Crippen molar-refractivity contribution < 1.29 is 14.3 Å². The fourth-order valence-corrected chi connectivity index (χ4v) is 2.37. The molecule has 0 aromatic rings.